The molecule has 2 N–H and O–H groups in total. The highest BCUT2D eigenvalue weighted by Gasteiger charge is 2.36. The quantitative estimate of drug-likeness (QED) is 0.495. The number of benzene rings is 1. The average Bonchev–Trinajstić information content (AvgIpc) is 3.12. The summed E-state index contributed by atoms with van der Waals surface area (Å²) in [5.74, 6) is 1.85. The van der Waals surface area contributed by atoms with Crippen molar-refractivity contribution in [3.05, 3.63) is 57.3 Å². The Bertz CT molecular complexity index is 1420. The molecule has 3 aromatic rings. The third kappa shape index (κ3) is 5.18. The van der Waals surface area contributed by atoms with E-state index in [4.69, 9.17) is 38.4 Å². The van der Waals surface area contributed by atoms with Gasteiger partial charge in [-0.3, -0.25) is 0 Å². The minimum atomic E-state index is -3.61. The van der Waals surface area contributed by atoms with Crippen LogP contribution < -0.4 is 10.0 Å². The van der Waals surface area contributed by atoms with Crippen LogP contribution in [0.15, 0.2) is 36.0 Å². The number of hydrogen-bond acceptors (Lipinski definition) is 7. The lowest BCUT2D eigenvalue weighted by atomic mass is 9.80. The Hall–Kier alpha value is -2.40. The largest absolute Gasteiger partial charge is 0.376 e. The fraction of sp³-hybridized carbons (Fsp3) is 0.458. The summed E-state index contributed by atoms with van der Waals surface area (Å²) < 4.78 is 24.4. The SMILES string of the molecule is Cc1nn([C@H](C)c2ccc(Cl)cc2Cl)c2nc(N3CC([C@@H]4CCCN(C=CS(N)(=O)=O)C4)C3)cnc12. The van der Waals surface area contributed by atoms with Gasteiger partial charge in [-0.15, -0.1) is 0 Å². The van der Waals surface area contributed by atoms with E-state index in [0.717, 1.165) is 72.7 Å². The number of nitrogens with two attached hydrogens (primary N) is 1. The van der Waals surface area contributed by atoms with Crippen molar-refractivity contribution < 1.29 is 8.42 Å². The predicted octanol–water partition coefficient (Wildman–Crippen LogP) is 3.96. The molecule has 2 aliphatic heterocycles. The molecule has 36 heavy (non-hydrogen) atoms. The standard InChI is InChI=1S/C24H29Cl2N7O2S/c1-15-23-24(33(30-15)16(2)20-6-5-19(25)10-21(20)26)29-22(11-28-23)32-13-18(14-32)17-4-3-7-31(12-17)8-9-36(27,34)35/h5-6,8-11,16-18H,3-4,7,12-14H2,1-2H3,(H2,27,34,35)/t16-,17-/m1/s1. The molecule has 2 fully saturated rings. The highest BCUT2D eigenvalue weighted by molar-refractivity contribution is 7.92. The normalized spacial score (nSPS) is 20.3. The molecule has 192 valence electrons. The van der Waals surface area contributed by atoms with Gasteiger partial charge in [0.1, 0.15) is 11.3 Å². The summed E-state index contributed by atoms with van der Waals surface area (Å²) in [6, 6.07) is 5.34. The van der Waals surface area contributed by atoms with E-state index < -0.39 is 10.0 Å². The maximum absolute atomic E-state index is 11.3. The molecule has 12 heteroatoms. The summed E-state index contributed by atoms with van der Waals surface area (Å²) >= 11 is 12.6. The van der Waals surface area contributed by atoms with Gasteiger partial charge in [0.05, 0.1) is 23.3 Å². The summed E-state index contributed by atoms with van der Waals surface area (Å²) in [5.41, 5.74) is 3.23. The van der Waals surface area contributed by atoms with E-state index in [0.29, 0.717) is 21.9 Å². The second kappa shape index (κ2) is 9.81. The third-order valence-electron chi connectivity index (χ3n) is 7.19. The van der Waals surface area contributed by atoms with E-state index >= 15 is 0 Å². The first-order chi connectivity index (χ1) is 17.1. The van der Waals surface area contributed by atoms with Gasteiger partial charge >= 0.3 is 0 Å². The number of sulfonamides is 1. The van der Waals surface area contributed by atoms with E-state index in [-0.39, 0.29) is 6.04 Å². The highest BCUT2D eigenvalue weighted by atomic mass is 35.5. The molecule has 0 unspecified atom stereocenters. The monoisotopic (exact) mass is 549 g/mol. The van der Waals surface area contributed by atoms with E-state index in [1.54, 1.807) is 12.3 Å². The third-order valence-corrected chi connectivity index (χ3v) is 8.25. The van der Waals surface area contributed by atoms with E-state index in [9.17, 15) is 8.42 Å². The van der Waals surface area contributed by atoms with Gasteiger partial charge in [0.15, 0.2) is 5.65 Å². The number of primary sulfonamides is 1. The van der Waals surface area contributed by atoms with Gasteiger partial charge in [-0.25, -0.2) is 28.2 Å². The van der Waals surface area contributed by atoms with Gasteiger partial charge in [-0.05, 0) is 56.2 Å². The summed E-state index contributed by atoms with van der Waals surface area (Å²) in [5, 5.41) is 12.1. The van der Waals surface area contributed by atoms with Crippen molar-refractivity contribution in [2.75, 3.05) is 31.1 Å². The summed E-state index contributed by atoms with van der Waals surface area (Å²) in [6.45, 7) is 7.43. The van der Waals surface area contributed by atoms with Crippen LogP contribution in [0.25, 0.3) is 11.2 Å². The molecule has 2 aromatic heterocycles. The Kier molecular flexibility index (Phi) is 6.88. The van der Waals surface area contributed by atoms with Crippen LogP contribution >= 0.6 is 23.2 Å². The van der Waals surface area contributed by atoms with Crippen LogP contribution in [0, 0.1) is 18.8 Å². The zero-order valence-corrected chi connectivity index (χ0v) is 22.5. The zero-order chi connectivity index (χ0) is 25.6. The maximum atomic E-state index is 11.3. The highest BCUT2D eigenvalue weighted by Crippen LogP contribution is 2.35. The van der Waals surface area contributed by atoms with Crippen molar-refractivity contribution in [1.29, 1.82) is 0 Å². The number of fused-ring (bicyclic) bond motifs is 1. The molecule has 0 aliphatic carbocycles. The molecule has 1 aromatic carbocycles. The molecule has 0 radical (unpaired) electrons. The summed E-state index contributed by atoms with van der Waals surface area (Å²) in [7, 11) is -3.61. The van der Waals surface area contributed by atoms with E-state index in [1.807, 2.05) is 36.9 Å². The number of aromatic nitrogens is 4. The van der Waals surface area contributed by atoms with Crippen LogP contribution in [0.2, 0.25) is 10.0 Å². The Morgan fingerprint density at radius 1 is 1.19 bits per heavy atom. The van der Waals surface area contributed by atoms with Crippen LogP contribution in [-0.2, 0) is 10.0 Å². The van der Waals surface area contributed by atoms with Gasteiger partial charge in [-0.2, -0.15) is 5.10 Å². The fourth-order valence-corrected chi connectivity index (χ4v) is 6.07. The van der Waals surface area contributed by atoms with Gasteiger partial charge in [0.25, 0.3) is 0 Å². The Morgan fingerprint density at radius 3 is 2.69 bits per heavy atom. The molecule has 2 aliphatic rings. The predicted molar refractivity (Wildman–Crippen MR) is 143 cm³/mol. The molecule has 5 rings (SSSR count). The second-order valence-corrected chi connectivity index (χ2v) is 12.0. The van der Waals surface area contributed by atoms with E-state index in [1.165, 1.54) is 0 Å². The first-order valence-electron chi connectivity index (χ1n) is 12.0. The smallest absolute Gasteiger partial charge is 0.232 e. The molecule has 0 saturated carbocycles. The van der Waals surface area contributed by atoms with Crippen LogP contribution in [0.5, 0.6) is 0 Å². The minimum Gasteiger partial charge on any atom is -0.376 e. The molecular weight excluding hydrogens is 521 g/mol. The van der Waals surface area contributed by atoms with E-state index in [2.05, 4.69) is 14.8 Å². The number of likely N-dealkylation sites (tertiary alicyclic amines) is 1. The average molecular weight is 551 g/mol. The number of anilines is 1. The van der Waals surface area contributed by atoms with Crippen LogP contribution in [-0.4, -0.2) is 59.2 Å². The van der Waals surface area contributed by atoms with Gasteiger partial charge < -0.3 is 9.80 Å². The molecule has 2 atom stereocenters. The number of piperidine rings is 1. The number of hydrogen-bond donors (Lipinski definition) is 1. The topological polar surface area (TPSA) is 110 Å². The molecule has 0 amide bonds. The molecule has 9 nitrogen and oxygen atoms in total. The second-order valence-electron chi connectivity index (χ2n) is 9.71. The van der Waals surface area contributed by atoms with Gasteiger partial charge in [0.2, 0.25) is 10.0 Å². The van der Waals surface area contributed by atoms with Crippen molar-refractivity contribution in [3.63, 3.8) is 0 Å². The van der Waals surface area contributed by atoms with Gasteiger partial charge in [-0.1, -0.05) is 29.3 Å². The first-order valence-corrected chi connectivity index (χ1v) is 14.3. The number of nitrogens with zero attached hydrogens (tertiary/aromatic N) is 6. The Morgan fingerprint density at radius 2 is 1.97 bits per heavy atom. The Labute approximate surface area is 220 Å². The van der Waals surface area contributed by atoms with Crippen molar-refractivity contribution in [2.45, 2.75) is 32.7 Å². The lowest BCUT2D eigenvalue weighted by Gasteiger charge is -2.46. The molecular formula is C24H29Cl2N7O2S. The maximum Gasteiger partial charge on any atom is 0.232 e. The number of aryl methyl sites for hydroxylation is 1. The first kappa shape index (κ1) is 25.3. The summed E-state index contributed by atoms with van der Waals surface area (Å²) in [4.78, 5) is 13.9. The lowest BCUT2D eigenvalue weighted by Crippen LogP contribution is -2.53. The number of halogens is 2. The molecule has 2 saturated heterocycles. The lowest BCUT2D eigenvalue weighted by molar-refractivity contribution is 0.154. The van der Waals surface area contributed by atoms with Gasteiger partial charge in [0, 0.05) is 42.4 Å². The fourth-order valence-electron chi connectivity index (χ4n) is 5.17. The molecule has 0 spiro atoms. The van der Waals surface area contributed by atoms with Crippen molar-refractivity contribution in [3.8, 4) is 0 Å². The van der Waals surface area contributed by atoms with Crippen molar-refractivity contribution >= 4 is 50.2 Å². The minimum absolute atomic E-state index is 0.140. The number of rotatable bonds is 6. The van der Waals surface area contributed by atoms with Crippen LogP contribution in [0.4, 0.5) is 5.82 Å². The molecule has 4 heterocycles. The Balaban J connectivity index is 1.31. The molecule has 0 bridgehead atoms. The van der Waals surface area contributed by atoms with Crippen LogP contribution in [0.3, 0.4) is 0 Å². The van der Waals surface area contributed by atoms with Crippen molar-refractivity contribution in [1.82, 2.24) is 24.6 Å². The van der Waals surface area contributed by atoms with Crippen molar-refractivity contribution in [2.24, 2.45) is 17.0 Å². The summed E-state index contributed by atoms with van der Waals surface area (Å²) in [6.07, 6.45) is 5.59. The van der Waals surface area contributed by atoms with Crippen LogP contribution in [0.1, 0.15) is 37.1 Å². The zero-order valence-electron chi connectivity index (χ0n) is 20.2.